The van der Waals surface area contributed by atoms with Gasteiger partial charge in [0.2, 0.25) is 11.8 Å². The number of aryl methyl sites for hydroxylation is 1. The quantitative estimate of drug-likeness (QED) is 0.171. The largest absolute Gasteiger partial charge is 0.495 e. The molecule has 0 saturated carbocycles. The molecule has 2 aromatic rings. The number of alkyl halides is 3. The summed E-state index contributed by atoms with van der Waals surface area (Å²) < 4.78 is 52.7. The summed E-state index contributed by atoms with van der Waals surface area (Å²) >= 11 is 0. The summed E-state index contributed by atoms with van der Waals surface area (Å²) in [5, 5.41) is 5.53. The molecule has 1 aliphatic heterocycles. The maximum atomic E-state index is 13.9. The number of carbonyl (C=O) groups excluding carboxylic acids is 2. The Morgan fingerprint density at radius 3 is 2.59 bits per heavy atom. The molecule has 0 saturated heterocycles. The van der Waals surface area contributed by atoms with Gasteiger partial charge in [0.25, 0.3) is 11.8 Å². The summed E-state index contributed by atoms with van der Waals surface area (Å²) in [6.45, 7) is 6.31. The monoisotopic (exact) mass is 574 g/mol. The lowest BCUT2D eigenvalue weighted by molar-refractivity contribution is -0.0905. The van der Waals surface area contributed by atoms with E-state index in [2.05, 4.69) is 22.2 Å². The summed E-state index contributed by atoms with van der Waals surface area (Å²) in [6.07, 6.45) is -4.34. The molecule has 4 N–H and O–H groups in total. The zero-order chi connectivity index (χ0) is 30.5. The number of hydrogen-bond acceptors (Lipinski definition) is 6. The first-order valence-corrected chi connectivity index (χ1v) is 12.5. The van der Waals surface area contributed by atoms with Gasteiger partial charge >= 0.3 is 6.18 Å². The van der Waals surface area contributed by atoms with Gasteiger partial charge in [-0.1, -0.05) is 24.8 Å². The van der Waals surface area contributed by atoms with E-state index in [1.165, 1.54) is 24.1 Å². The third-order valence-corrected chi connectivity index (χ3v) is 6.15. The minimum Gasteiger partial charge on any atom is -0.495 e. The molecule has 2 amide bonds. The normalized spacial score (nSPS) is 14.0. The minimum atomic E-state index is -4.89. The van der Waals surface area contributed by atoms with Gasteiger partial charge in [0, 0.05) is 32.2 Å². The highest BCUT2D eigenvalue weighted by Crippen LogP contribution is 2.35. The number of anilines is 1. The maximum absolute atomic E-state index is 13.9. The number of rotatable bonds is 10. The second kappa shape index (κ2) is 12.8. The molecule has 220 valence electrons. The van der Waals surface area contributed by atoms with E-state index in [4.69, 9.17) is 15.2 Å². The molecule has 0 unspecified atom stereocenters. The van der Waals surface area contributed by atoms with E-state index in [1.807, 2.05) is 19.0 Å². The van der Waals surface area contributed by atoms with E-state index in [-0.39, 0.29) is 35.2 Å². The second-order valence-electron chi connectivity index (χ2n) is 9.52. The van der Waals surface area contributed by atoms with Gasteiger partial charge in [0.05, 0.1) is 18.4 Å². The van der Waals surface area contributed by atoms with Crippen molar-refractivity contribution in [3.8, 4) is 11.5 Å². The van der Waals surface area contributed by atoms with Crippen LogP contribution in [-0.4, -0.2) is 75.1 Å². The molecule has 0 atom stereocenters. The van der Waals surface area contributed by atoms with Crippen LogP contribution in [0.4, 0.5) is 18.9 Å². The number of methoxy groups -OCH3 is 1. The molecule has 1 aliphatic rings. The molecular formula is C28H33F3N6O4. The maximum Gasteiger partial charge on any atom is 0.421 e. The number of carbonyl (C=O) groups is 2. The van der Waals surface area contributed by atoms with Crippen LogP contribution in [0.5, 0.6) is 11.5 Å². The first-order valence-electron chi connectivity index (χ1n) is 12.5. The predicted molar refractivity (Wildman–Crippen MR) is 150 cm³/mol. The molecule has 0 fully saturated rings. The van der Waals surface area contributed by atoms with Gasteiger partial charge in [-0.3, -0.25) is 9.59 Å². The Kier molecular flexibility index (Phi) is 9.66. The topological polar surface area (TPSA) is 122 Å². The van der Waals surface area contributed by atoms with Crippen molar-refractivity contribution in [1.29, 1.82) is 0 Å². The number of benzene rings is 2. The van der Waals surface area contributed by atoms with E-state index >= 15 is 0 Å². The second-order valence-corrected chi connectivity index (χ2v) is 9.52. The zero-order valence-electron chi connectivity index (χ0n) is 23.5. The fourth-order valence-corrected chi connectivity index (χ4v) is 4.08. The Bertz CT molecular complexity index is 1400. The van der Waals surface area contributed by atoms with Gasteiger partial charge in [0.1, 0.15) is 17.1 Å². The number of halogens is 3. The van der Waals surface area contributed by atoms with Crippen LogP contribution in [0.2, 0.25) is 0 Å². The van der Waals surface area contributed by atoms with Crippen molar-refractivity contribution in [2.24, 2.45) is 10.7 Å². The standard InChI is InChI=1S/C28H33F3N6O4/c1-7-19(28(29,30)31)25(41-21-10-8-9-17-15-37(5)26(39)23(17)21)35-27(32)34-20-13-16(2)18(14-22(20)40-6)24(38)33-11-12-36(3)4/h7-10,13-14H,1,11-12,15H2,2-6H3,(H,33,38)(H3,32,34,35)/b25-19-. The van der Waals surface area contributed by atoms with E-state index in [9.17, 15) is 22.8 Å². The minimum absolute atomic E-state index is 0.106. The van der Waals surface area contributed by atoms with Crippen LogP contribution in [-0.2, 0) is 6.54 Å². The van der Waals surface area contributed by atoms with Crippen LogP contribution in [0, 0.1) is 6.92 Å². The molecule has 0 aliphatic carbocycles. The van der Waals surface area contributed by atoms with E-state index in [0.29, 0.717) is 35.9 Å². The van der Waals surface area contributed by atoms with Gasteiger partial charge < -0.3 is 35.6 Å². The van der Waals surface area contributed by atoms with Gasteiger partial charge in [-0.25, -0.2) is 0 Å². The summed E-state index contributed by atoms with van der Waals surface area (Å²) in [5.41, 5.74) is 6.62. The average Bonchev–Trinajstić information content (AvgIpc) is 3.17. The Morgan fingerprint density at radius 1 is 1.27 bits per heavy atom. The van der Waals surface area contributed by atoms with E-state index in [0.717, 1.165) is 0 Å². The molecule has 0 radical (unpaired) electrons. The van der Waals surface area contributed by atoms with Gasteiger partial charge in [-0.2, -0.15) is 18.2 Å². The van der Waals surface area contributed by atoms with Crippen LogP contribution in [0.15, 0.2) is 59.4 Å². The summed E-state index contributed by atoms with van der Waals surface area (Å²) in [7, 11) is 6.71. The SMILES string of the molecule is C=C/C(=C(\N=C(/N)Nc1cc(C)c(C(=O)NCCN(C)C)cc1OC)Oc1cccc2c1C(=O)N(C)C2)C(F)(F)F. The first-order chi connectivity index (χ1) is 19.3. The molecule has 13 heteroatoms. The van der Waals surface area contributed by atoms with Crippen molar-refractivity contribution < 1.29 is 32.2 Å². The average molecular weight is 575 g/mol. The number of guanidine groups is 1. The Balaban J connectivity index is 1.97. The fraction of sp³-hybridized carbons (Fsp3) is 0.321. The lowest BCUT2D eigenvalue weighted by Crippen LogP contribution is -2.31. The van der Waals surface area contributed by atoms with Crippen molar-refractivity contribution in [3.63, 3.8) is 0 Å². The summed E-state index contributed by atoms with van der Waals surface area (Å²) in [6, 6.07) is 7.68. The van der Waals surface area contributed by atoms with Crippen molar-refractivity contribution >= 4 is 23.5 Å². The van der Waals surface area contributed by atoms with Crippen LogP contribution >= 0.6 is 0 Å². The summed E-state index contributed by atoms with van der Waals surface area (Å²) in [4.78, 5) is 32.5. The molecule has 0 spiro atoms. The van der Waals surface area contributed by atoms with Crippen LogP contribution in [0.3, 0.4) is 0 Å². The number of ether oxygens (including phenoxy) is 2. The Labute approximate surface area is 236 Å². The number of hydrogen-bond donors (Lipinski definition) is 3. The van der Waals surface area contributed by atoms with Crippen LogP contribution in [0.25, 0.3) is 0 Å². The first kappa shape index (κ1) is 31.0. The summed E-state index contributed by atoms with van der Waals surface area (Å²) in [5.74, 6) is -2.01. The highest BCUT2D eigenvalue weighted by atomic mass is 19.4. The van der Waals surface area contributed by atoms with Crippen molar-refractivity contribution in [1.82, 2.24) is 15.1 Å². The Hall–Kier alpha value is -4.52. The van der Waals surface area contributed by atoms with Crippen LogP contribution in [0.1, 0.15) is 31.8 Å². The number of aliphatic imine (C=N–C) groups is 1. The van der Waals surface area contributed by atoms with E-state index < -0.39 is 29.5 Å². The number of likely N-dealkylation sites (N-methyl/N-ethyl adjacent to an activating group) is 1. The molecule has 2 aromatic carbocycles. The molecule has 1 heterocycles. The number of amides is 2. The molecule has 41 heavy (non-hydrogen) atoms. The van der Waals surface area contributed by atoms with Crippen molar-refractivity contribution in [2.45, 2.75) is 19.6 Å². The zero-order valence-corrected chi connectivity index (χ0v) is 23.5. The lowest BCUT2D eigenvalue weighted by atomic mass is 10.1. The smallest absolute Gasteiger partial charge is 0.421 e. The van der Waals surface area contributed by atoms with Crippen molar-refractivity contribution in [3.05, 3.63) is 76.7 Å². The highest BCUT2D eigenvalue weighted by Gasteiger charge is 2.37. The third-order valence-electron chi connectivity index (χ3n) is 6.15. The molecule has 3 rings (SSSR count). The van der Waals surface area contributed by atoms with Gasteiger partial charge in [-0.15, -0.1) is 0 Å². The lowest BCUT2D eigenvalue weighted by Gasteiger charge is -2.17. The molecule has 0 bridgehead atoms. The molecular weight excluding hydrogens is 541 g/mol. The van der Waals surface area contributed by atoms with Crippen LogP contribution < -0.4 is 25.8 Å². The fourth-order valence-electron chi connectivity index (χ4n) is 4.08. The Morgan fingerprint density at radius 2 is 1.98 bits per heavy atom. The van der Waals surface area contributed by atoms with Gasteiger partial charge in [-0.05, 0) is 50.3 Å². The molecule has 10 nitrogen and oxygen atoms in total. The van der Waals surface area contributed by atoms with Gasteiger partial charge in [0.15, 0.2) is 0 Å². The number of nitrogens with zero attached hydrogens (tertiary/aromatic N) is 3. The van der Waals surface area contributed by atoms with E-state index in [1.54, 1.807) is 32.2 Å². The number of nitrogens with one attached hydrogen (secondary N) is 2. The number of fused-ring (bicyclic) bond motifs is 1. The number of allylic oxidation sites excluding steroid dienone is 2. The third kappa shape index (κ3) is 7.37. The molecule has 0 aromatic heterocycles. The highest BCUT2D eigenvalue weighted by molar-refractivity contribution is 6.01. The van der Waals surface area contributed by atoms with Crippen molar-refractivity contribution in [2.75, 3.05) is 46.7 Å². The predicted octanol–water partition coefficient (Wildman–Crippen LogP) is 3.65. The number of nitrogens with two attached hydrogens (primary N) is 1.